The number of aliphatic hydroxyl groups is 1. The van der Waals surface area contributed by atoms with Crippen molar-refractivity contribution in [2.75, 3.05) is 39.3 Å². The van der Waals surface area contributed by atoms with Crippen molar-refractivity contribution in [3.63, 3.8) is 0 Å². The van der Waals surface area contributed by atoms with Gasteiger partial charge >= 0.3 is 0 Å². The number of H-pyrrole nitrogens is 1. The Bertz CT molecular complexity index is 680. The van der Waals surface area contributed by atoms with Crippen LogP contribution in [0.25, 0.3) is 11.3 Å². The summed E-state index contributed by atoms with van der Waals surface area (Å²) in [5.74, 6) is -0.0561. The molecule has 0 saturated carbocycles. The lowest BCUT2D eigenvalue weighted by molar-refractivity contribution is 0.0609. The summed E-state index contributed by atoms with van der Waals surface area (Å²) in [5.41, 5.74) is 1.94. The molecule has 1 aromatic carbocycles. The number of hydrogen-bond donors (Lipinski definition) is 2. The molecule has 1 fully saturated rings. The van der Waals surface area contributed by atoms with Crippen molar-refractivity contribution in [2.24, 2.45) is 0 Å². The zero-order valence-corrected chi connectivity index (χ0v) is 13.5. The predicted octanol–water partition coefficient (Wildman–Crippen LogP) is 1.48. The normalized spacial score (nSPS) is 15.8. The lowest BCUT2D eigenvalue weighted by Crippen LogP contribution is -2.49. The van der Waals surface area contributed by atoms with Crippen molar-refractivity contribution < 1.29 is 9.90 Å². The van der Waals surface area contributed by atoms with Gasteiger partial charge in [-0.3, -0.25) is 14.8 Å². The Balaban J connectivity index is 1.69. The number of piperazine rings is 1. The topological polar surface area (TPSA) is 72.5 Å². The number of rotatable bonds is 4. The predicted molar refractivity (Wildman–Crippen MR) is 88.5 cm³/mol. The van der Waals surface area contributed by atoms with Gasteiger partial charge in [-0.05, 0) is 12.1 Å². The molecule has 1 aromatic heterocycles. The van der Waals surface area contributed by atoms with E-state index >= 15 is 0 Å². The van der Waals surface area contributed by atoms with E-state index in [-0.39, 0.29) is 12.5 Å². The Kier molecular flexibility index (Phi) is 4.95. The van der Waals surface area contributed by atoms with Gasteiger partial charge in [0, 0.05) is 38.3 Å². The third-order valence-corrected chi connectivity index (χ3v) is 4.36. The Labute approximate surface area is 139 Å². The van der Waals surface area contributed by atoms with E-state index in [1.807, 2.05) is 18.2 Å². The van der Waals surface area contributed by atoms with Crippen molar-refractivity contribution in [1.29, 1.82) is 0 Å². The van der Waals surface area contributed by atoms with Gasteiger partial charge < -0.3 is 10.0 Å². The summed E-state index contributed by atoms with van der Waals surface area (Å²) in [6, 6.07) is 9.16. The Morgan fingerprint density at radius 1 is 1.26 bits per heavy atom. The fourth-order valence-electron chi connectivity index (χ4n) is 2.72. The summed E-state index contributed by atoms with van der Waals surface area (Å²) >= 11 is 6.17. The Morgan fingerprint density at radius 2 is 2.00 bits per heavy atom. The van der Waals surface area contributed by atoms with Crippen LogP contribution in [0.15, 0.2) is 30.3 Å². The van der Waals surface area contributed by atoms with Crippen molar-refractivity contribution in [2.45, 2.75) is 0 Å². The average molecular weight is 335 g/mol. The number of halogens is 1. The van der Waals surface area contributed by atoms with Crippen molar-refractivity contribution >= 4 is 17.5 Å². The van der Waals surface area contributed by atoms with E-state index in [0.717, 1.165) is 18.7 Å². The molecule has 1 aliphatic heterocycles. The zero-order chi connectivity index (χ0) is 16.2. The maximum atomic E-state index is 12.5. The van der Waals surface area contributed by atoms with E-state index in [9.17, 15) is 4.79 Å². The standard InChI is InChI=1S/C16H19ClN4O2/c17-13-4-2-1-3-12(13)14-11-15(19-18-14)16(23)21-7-5-20(6-8-21)9-10-22/h1-4,11,22H,5-10H2,(H,18,19). The fourth-order valence-corrected chi connectivity index (χ4v) is 2.96. The maximum Gasteiger partial charge on any atom is 0.271 e. The summed E-state index contributed by atoms with van der Waals surface area (Å²) in [7, 11) is 0. The molecule has 0 aliphatic carbocycles. The molecule has 1 saturated heterocycles. The fraction of sp³-hybridized carbons (Fsp3) is 0.375. The molecule has 0 spiro atoms. The second-order valence-corrected chi connectivity index (χ2v) is 5.91. The molecule has 0 bridgehead atoms. The van der Waals surface area contributed by atoms with Gasteiger partial charge in [0.1, 0.15) is 5.69 Å². The molecule has 2 N–H and O–H groups in total. The van der Waals surface area contributed by atoms with E-state index in [1.54, 1.807) is 17.0 Å². The van der Waals surface area contributed by atoms with Crippen LogP contribution in [0.4, 0.5) is 0 Å². The number of carbonyl (C=O) groups is 1. The number of nitrogens with one attached hydrogen (secondary N) is 1. The first-order chi connectivity index (χ1) is 11.2. The second kappa shape index (κ2) is 7.12. The van der Waals surface area contributed by atoms with Crippen LogP contribution < -0.4 is 0 Å². The van der Waals surface area contributed by atoms with Crippen LogP contribution in [0.3, 0.4) is 0 Å². The molecule has 122 valence electrons. The zero-order valence-electron chi connectivity index (χ0n) is 12.7. The van der Waals surface area contributed by atoms with E-state index < -0.39 is 0 Å². The number of nitrogens with zero attached hydrogens (tertiary/aromatic N) is 3. The molecular formula is C16H19ClN4O2. The van der Waals surface area contributed by atoms with Crippen molar-refractivity contribution in [3.8, 4) is 11.3 Å². The van der Waals surface area contributed by atoms with Gasteiger partial charge in [0.05, 0.1) is 17.3 Å². The minimum atomic E-state index is -0.0561. The smallest absolute Gasteiger partial charge is 0.271 e. The number of carbonyl (C=O) groups excluding carboxylic acids is 1. The van der Waals surface area contributed by atoms with Crippen LogP contribution in [-0.2, 0) is 0 Å². The monoisotopic (exact) mass is 334 g/mol. The SMILES string of the molecule is O=C(c1cc(-c2ccccc2Cl)n[nH]1)N1CCN(CCO)CC1. The number of β-amino-alcohol motifs (C(OH)–C–C–N with tert-alkyl or cyclic N) is 1. The van der Waals surface area contributed by atoms with Crippen LogP contribution in [0.2, 0.25) is 5.02 Å². The lowest BCUT2D eigenvalue weighted by atomic mass is 10.1. The molecule has 3 rings (SSSR count). The first kappa shape index (κ1) is 16.0. The van der Waals surface area contributed by atoms with Crippen LogP contribution in [-0.4, -0.2) is 70.3 Å². The highest BCUT2D eigenvalue weighted by Gasteiger charge is 2.23. The number of aromatic nitrogens is 2. The van der Waals surface area contributed by atoms with Gasteiger partial charge in [-0.2, -0.15) is 5.10 Å². The molecule has 2 aromatic rings. The molecule has 0 atom stereocenters. The minimum absolute atomic E-state index is 0.0561. The Morgan fingerprint density at radius 3 is 2.70 bits per heavy atom. The van der Waals surface area contributed by atoms with Gasteiger partial charge in [0.2, 0.25) is 0 Å². The first-order valence-electron chi connectivity index (χ1n) is 7.62. The van der Waals surface area contributed by atoms with E-state index in [0.29, 0.717) is 36.0 Å². The molecule has 0 unspecified atom stereocenters. The number of benzene rings is 1. The highest BCUT2D eigenvalue weighted by molar-refractivity contribution is 6.33. The van der Waals surface area contributed by atoms with E-state index in [4.69, 9.17) is 16.7 Å². The van der Waals surface area contributed by atoms with Crippen molar-refractivity contribution in [1.82, 2.24) is 20.0 Å². The highest BCUT2D eigenvalue weighted by atomic mass is 35.5. The van der Waals surface area contributed by atoms with Crippen LogP contribution in [0, 0.1) is 0 Å². The van der Waals surface area contributed by atoms with E-state index in [1.165, 1.54) is 0 Å². The van der Waals surface area contributed by atoms with Crippen LogP contribution in [0.1, 0.15) is 10.5 Å². The third-order valence-electron chi connectivity index (χ3n) is 4.03. The first-order valence-corrected chi connectivity index (χ1v) is 7.99. The number of aliphatic hydroxyl groups excluding tert-OH is 1. The molecule has 1 aliphatic rings. The van der Waals surface area contributed by atoms with Crippen LogP contribution >= 0.6 is 11.6 Å². The molecule has 0 radical (unpaired) electrons. The maximum absolute atomic E-state index is 12.5. The third kappa shape index (κ3) is 3.55. The van der Waals surface area contributed by atoms with Gasteiger partial charge in [0.15, 0.2) is 0 Å². The largest absolute Gasteiger partial charge is 0.395 e. The molecule has 23 heavy (non-hydrogen) atoms. The average Bonchev–Trinajstić information content (AvgIpc) is 3.05. The number of hydrogen-bond acceptors (Lipinski definition) is 4. The van der Waals surface area contributed by atoms with Crippen LogP contribution in [0.5, 0.6) is 0 Å². The molecule has 1 amide bonds. The summed E-state index contributed by atoms with van der Waals surface area (Å²) in [6.45, 7) is 3.66. The molecule has 7 heteroatoms. The highest BCUT2D eigenvalue weighted by Crippen LogP contribution is 2.26. The summed E-state index contributed by atoms with van der Waals surface area (Å²) in [4.78, 5) is 16.5. The number of amides is 1. The number of aromatic amines is 1. The quantitative estimate of drug-likeness (QED) is 0.888. The summed E-state index contributed by atoms with van der Waals surface area (Å²) in [6.07, 6.45) is 0. The lowest BCUT2D eigenvalue weighted by Gasteiger charge is -2.34. The summed E-state index contributed by atoms with van der Waals surface area (Å²) < 4.78 is 0. The summed E-state index contributed by atoms with van der Waals surface area (Å²) in [5, 5.41) is 16.6. The molecule has 2 heterocycles. The van der Waals surface area contributed by atoms with Gasteiger partial charge in [0.25, 0.3) is 5.91 Å². The molecule has 6 nitrogen and oxygen atoms in total. The van der Waals surface area contributed by atoms with E-state index in [2.05, 4.69) is 15.1 Å². The molecular weight excluding hydrogens is 316 g/mol. The Hall–Kier alpha value is -1.89. The van der Waals surface area contributed by atoms with Crippen molar-refractivity contribution in [3.05, 3.63) is 41.0 Å². The van der Waals surface area contributed by atoms with Gasteiger partial charge in [-0.15, -0.1) is 0 Å². The van der Waals surface area contributed by atoms with Gasteiger partial charge in [-0.25, -0.2) is 0 Å². The minimum Gasteiger partial charge on any atom is -0.395 e. The second-order valence-electron chi connectivity index (χ2n) is 5.50. The van der Waals surface area contributed by atoms with Gasteiger partial charge in [-0.1, -0.05) is 29.8 Å².